The zero-order valence-electron chi connectivity index (χ0n) is 10.5. The van der Waals surface area contributed by atoms with E-state index in [2.05, 4.69) is 21.1 Å². The molecule has 0 spiro atoms. The number of hydrogen-bond donors (Lipinski definition) is 1. The molecule has 1 aromatic heterocycles. The number of aliphatic imine (C=N–C) groups is 1. The Morgan fingerprint density at radius 3 is 2.89 bits per heavy atom. The van der Waals surface area contributed by atoms with Crippen LogP contribution in [0.5, 0.6) is 0 Å². The number of hydrogen-bond acceptors (Lipinski definition) is 5. The molecule has 0 aliphatic rings. The van der Waals surface area contributed by atoms with E-state index in [-0.39, 0.29) is 0 Å². The van der Waals surface area contributed by atoms with E-state index < -0.39 is 0 Å². The number of nitrogens with two attached hydrogens (primary N) is 1. The topological polar surface area (TPSA) is 92.9 Å². The van der Waals surface area contributed by atoms with Crippen LogP contribution >= 0.6 is 11.8 Å². The second-order valence-corrected chi connectivity index (χ2v) is 4.53. The molecule has 7 heteroatoms. The first-order chi connectivity index (χ1) is 9.13. The lowest BCUT2D eigenvalue weighted by Crippen LogP contribution is -2.04. The first-order valence-corrected chi connectivity index (χ1v) is 6.67. The van der Waals surface area contributed by atoms with E-state index in [4.69, 9.17) is 5.73 Å². The summed E-state index contributed by atoms with van der Waals surface area (Å²) in [5, 5.41) is 13.8. The van der Waals surface area contributed by atoms with Crippen molar-refractivity contribution < 1.29 is 0 Å². The minimum absolute atomic E-state index is 0.452. The molecule has 2 aromatic rings. The first kappa shape index (κ1) is 13.1. The van der Waals surface area contributed by atoms with Gasteiger partial charge in [-0.25, -0.2) is 14.7 Å². The average molecular weight is 272 g/mol. The molecule has 6 nitrogen and oxygen atoms in total. The number of nitriles is 1. The van der Waals surface area contributed by atoms with Crippen molar-refractivity contribution in [2.45, 2.75) is 6.92 Å². The third-order valence-electron chi connectivity index (χ3n) is 2.40. The van der Waals surface area contributed by atoms with Crippen LogP contribution in [0, 0.1) is 18.3 Å². The maximum Gasteiger partial charge on any atom is 0.158 e. The lowest BCUT2D eigenvalue weighted by Gasteiger charge is -2.04. The fourth-order valence-corrected chi connectivity index (χ4v) is 1.71. The van der Waals surface area contributed by atoms with Crippen LogP contribution < -0.4 is 5.73 Å². The Hall–Kier alpha value is -2.33. The molecule has 1 aromatic carbocycles. The molecule has 0 aliphatic heterocycles. The molecule has 0 atom stereocenters. The van der Waals surface area contributed by atoms with E-state index in [9.17, 15) is 5.26 Å². The van der Waals surface area contributed by atoms with Crippen molar-refractivity contribution in [2.24, 2.45) is 10.7 Å². The number of rotatable bonds is 2. The third-order valence-corrected chi connectivity index (χ3v) is 2.91. The van der Waals surface area contributed by atoms with Crippen LogP contribution in [0.15, 0.2) is 29.5 Å². The SMILES string of the molecule is CS/C(N)=N\c1ccc(-n2cnc(C)n2)c(C#N)c1. The molecular weight excluding hydrogens is 260 g/mol. The van der Waals surface area contributed by atoms with Crippen LogP contribution in [-0.4, -0.2) is 26.2 Å². The number of nitrogens with zero attached hydrogens (tertiary/aromatic N) is 5. The zero-order chi connectivity index (χ0) is 13.8. The Labute approximate surface area is 115 Å². The van der Waals surface area contributed by atoms with Gasteiger partial charge in [-0.1, -0.05) is 11.8 Å². The lowest BCUT2D eigenvalue weighted by atomic mass is 10.2. The maximum absolute atomic E-state index is 9.21. The Balaban J connectivity index is 2.46. The monoisotopic (exact) mass is 272 g/mol. The van der Waals surface area contributed by atoms with E-state index in [1.54, 1.807) is 36.1 Å². The highest BCUT2D eigenvalue weighted by atomic mass is 32.2. The number of aromatic nitrogens is 3. The molecule has 0 saturated heterocycles. The molecule has 0 saturated carbocycles. The van der Waals surface area contributed by atoms with Crippen LogP contribution in [0.25, 0.3) is 5.69 Å². The van der Waals surface area contributed by atoms with Gasteiger partial charge in [0.1, 0.15) is 18.2 Å². The smallest absolute Gasteiger partial charge is 0.158 e. The average Bonchev–Trinajstić information content (AvgIpc) is 2.84. The van der Waals surface area contributed by atoms with Crippen molar-refractivity contribution in [3.05, 3.63) is 35.9 Å². The second kappa shape index (κ2) is 5.54. The minimum atomic E-state index is 0.452. The van der Waals surface area contributed by atoms with Gasteiger partial charge in [-0.2, -0.15) is 10.4 Å². The Morgan fingerprint density at radius 2 is 2.32 bits per heavy atom. The van der Waals surface area contributed by atoms with Crippen LogP contribution in [0.4, 0.5) is 5.69 Å². The third kappa shape index (κ3) is 2.92. The molecule has 0 amide bonds. The molecule has 0 fully saturated rings. The van der Waals surface area contributed by atoms with Crippen molar-refractivity contribution in [1.82, 2.24) is 14.8 Å². The van der Waals surface area contributed by atoms with Gasteiger partial charge >= 0.3 is 0 Å². The van der Waals surface area contributed by atoms with Crippen molar-refractivity contribution in [2.75, 3.05) is 6.26 Å². The molecule has 96 valence electrons. The first-order valence-electron chi connectivity index (χ1n) is 5.45. The molecule has 19 heavy (non-hydrogen) atoms. The van der Waals surface area contributed by atoms with Gasteiger partial charge in [0.25, 0.3) is 0 Å². The van der Waals surface area contributed by atoms with Crippen molar-refractivity contribution in [1.29, 1.82) is 5.26 Å². The molecule has 1 heterocycles. The fourth-order valence-electron chi connectivity index (χ4n) is 1.52. The van der Waals surface area contributed by atoms with Crippen LogP contribution in [0.3, 0.4) is 0 Å². The van der Waals surface area contributed by atoms with Gasteiger partial charge in [-0.15, -0.1) is 0 Å². The van der Waals surface area contributed by atoms with Crippen LogP contribution in [0.1, 0.15) is 11.4 Å². The van der Waals surface area contributed by atoms with E-state index >= 15 is 0 Å². The number of benzene rings is 1. The molecule has 2 N–H and O–H groups in total. The van der Waals surface area contributed by atoms with Crippen molar-refractivity contribution in [3.63, 3.8) is 0 Å². The Bertz CT molecular complexity index is 667. The fraction of sp³-hybridized carbons (Fsp3) is 0.167. The molecule has 2 rings (SSSR count). The molecule has 0 aliphatic carbocycles. The summed E-state index contributed by atoms with van der Waals surface area (Å²) in [6.45, 7) is 1.79. The normalized spacial score (nSPS) is 11.3. The predicted molar refractivity (Wildman–Crippen MR) is 75.6 cm³/mol. The lowest BCUT2D eigenvalue weighted by molar-refractivity contribution is 0.860. The van der Waals surface area contributed by atoms with E-state index in [0.717, 1.165) is 0 Å². The second-order valence-electron chi connectivity index (χ2n) is 3.70. The Kier molecular flexibility index (Phi) is 3.82. The summed E-state index contributed by atoms with van der Waals surface area (Å²) in [7, 11) is 0. The van der Waals surface area contributed by atoms with Gasteiger partial charge in [0.05, 0.1) is 16.9 Å². The maximum atomic E-state index is 9.21. The summed E-state index contributed by atoms with van der Waals surface area (Å²) >= 11 is 1.35. The van der Waals surface area contributed by atoms with E-state index in [0.29, 0.717) is 27.9 Å². The highest BCUT2D eigenvalue weighted by molar-refractivity contribution is 8.13. The quantitative estimate of drug-likeness (QED) is 0.664. The summed E-state index contributed by atoms with van der Waals surface area (Å²) in [6.07, 6.45) is 3.42. The minimum Gasteiger partial charge on any atom is -0.378 e. The standard InChI is InChI=1S/C12H12N6S/c1-8-15-7-18(17-8)11-4-3-10(5-9(11)6-13)16-12(14)19-2/h3-5,7H,1-2H3,(H2,14,16). The molecule has 0 radical (unpaired) electrons. The van der Waals surface area contributed by atoms with Gasteiger partial charge < -0.3 is 5.73 Å². The summed E-state index contributed by atoms with van der Waals surface area (Å²) in [5.74, 6) is 0.651. The van der Waals surface area contributed by atoms with Gasteiger partial charge in [0.15, 0.2) is 5.17 Å². The summed E-state index contributed by atoms with van der Waals surface area (Å²) in [6, 6.07) is 7.37. The van der Waals surface area contributed by atoms with Crippen LogP contribution in [-0.2, 0) is 0 Å². The highest BCUT2D eigenvalue weighted by Gasteiger charge is 2.07. The summed E-state index contributed by atoms with van der Waals surface area (Å²) in [4.78, 5) is 8.23. The van der Waals surface area contributed by atoms with Crippen molar-refractivity contribution in [3.8, 4) is 11.8 Å². The molecular formula is C12H12N6S. The van der Waals surface area contributed by atoms with Crippen LogP contribution in [0.2, 0.25) is 0 Å². The number of thioether (sulfide) groups is 1. The van der Waals surface area contributed by atoms with E-state index in [1.165, 1.54) is 11.8 Å². The highest BCUT2D eigenvalue weighted by Crippen LogP contribution is 2.21. The largest absolute Gasteiger partial charge is 0.378 e. The molecule has 0 unspecified atom stereocenters. The summed E-state index contributed by atoms with van der Waals surface area (Å²) in [5.41, 5.74) is 7.44. The van der Waals surface area contributed by atoms with Gasteiger partial charge in [-0.3, -0.25) is 0 Å². The van der Waals surface area contributed by atoms with Gasteiger partial charge in [0, 0.05) is 0 Å². The number of amidine groups is 1. The van der Waals surface area contributed by atoms with Gasteiger partial charge in [-0.05, 0) is 31.4 Å². The van der Waals surface area contributed by atoms with E-state index in [1.807, 2.05) is 6.26 Å². The predicted octanol–water partition coefficient (Wildman–Crippen LogP) is 1.76. The van der Waals surface area contributed by atoms with Gasteiger partial charge in [0.2, 0.25) is 0 Å². The molecule has 0 bridgehead atoms. The number of aryl methyl sites for hydroxylation is 1. The van der Waals surface area contributed by atoms with Crippen molar-refractivity contribution >= 4 is 22.6 Å². The zero-order valence-corrected chi connectivity index (χ0v) is 11.3. The summed E-state index contributed by atoms with van der Waals surface area (Å²) < 4.78 is 1.57. The Morgan fingerprint density at radius 1 is 1.53 bits per heavy atom.